The van der Waals surface area contributed by atoms with E-state index in [2.05, 4.69) is 44.4 Å². The van der Waals surface area contributed by atoms with Crippen molar-refractivity contribution in [3.8, 4) is 5.75 Å². The van der Waals surface area contributed by atoms with Crippen molar-refractivity contribution in [1.29, 1.82) is 0 Å². The van der Waals surface area contributed by atoms with Crippen LogP contribution >= 0.6 is 0 Å². The topological polar surface area (TPSA) is 44.3 Å². The highest BCUT2D eigenvalue weighted by atomic mass is 16.5. The van der Waals surface area contributed by atoms with Crippen molar-refractivity contribution in [2.45, 2.75) is 66.2 Å². The highest BCUT2D eigenvalue weighted by Crippen LogP contribution is 2.35. The first-order valence-corrected chi connectivity index (χ1v) is 12.2. The average Bonchev–Trinajstić information content (AvgIpc) is 3.04. The smallest absolute Gasteiger partial charge is 0.348 e. The minimum atomic E-state index is -0.169. The van der Waals surface area contributed by atoms with Gasteiger partial charge in [0.1, 0.15) is 11.9 Å². The maximum Gasteiger partial charge on any atom is 0.348 e. The van der Waals surface area contributed by atoms with E-state index in [4.69, 9.17) is 9.47 Å². The Morgan fingerprint density at radius 2 is 1.85 bits per heavy atom. The summed E-state index contributed by atoms with van der Waals surface area (Å²) in [7, 11) is 2.02. The van der Waals surface area contributed by atoms with Crippen LogP contribution in [0.3, 0.4) is 0 Å². The predicted molar refractivity (Wildman–Crippen MR) is 130 cm³/mol. The van der Waals surface area contributed by atoms with Crippen molar-refractivity contribution in [2.75, 3.05) is 0 Å². The molecule has 2 aromatic carbocycles. The third-order valence-corrected chi connectivity index (χ3v) is 7.15. The second kappa shape index (κ2) is 9.98. The number of fused-ring (bicyclic) bond motifs is 1. The van der Waals surface area contributed by atoms with Gasteiger partial charge < -0.3 is 9.47 Å². The Balaban J connectivity index is 1.56. The number of hydrogen-bond acceptors (Lipinski definition) is 3. The van der Waals surface area contributed by atoms with Crippen LogP contribution in [0, 0.1) is 24.7 Å². The van der Waals surface area contributed by atoms with Gasteiger partial charge in [-0.05, 0) is 61.8 Å². The fourth-order valence-electron chi connectivity index (χ4n) is 5.15. The first-order valence-electron chi connectivity index (χ1n) is 12.2. The molecule has 33 heavy (non-hydrogen) atoms. The van der Waals surface area contributed by atoms with Crippen molar-refractivity contribution in [2.24, 2.45) is 24.8 Å². The molecule has 1 heterocycles. The Morgan fingerprint density at radius 3 is 2.58 bits per heavy atom. The van der Waals surface area contributed by atoms with Gasteiger partial charge >= 0.3 is 5.97 Å². The van der Waals surface area contributed by atoms with Gasteiger partial charge in [-0.25, -0.2) is 13.9 Å². The summed E-state index contributed by atoms with van der Waals surface area (Å²) in [4.78, 5) is 13.2. The van der Waals surface area contributed by atoms with Crippen LogP contribution in [0.15, 0.2) is 48.5 Å². The Hall–Kier alpha value is -2.82. The van der Waals surface area contributed by atoms with E-state index in [1.807, 2.05) is 48.0 Å². The van der Waals surface area contributed by atoms with Crippen LogP contribution in [0.1, 0.15) is 51.4 Å². The number of aryl methyl sites for hydroxylation is 2. The Morgan fingerprint density at radius 1 is 1.12 bits per heavy atom. The zero-order chi connectivity index (χ0) is 23.5. The average molecular weight is 450 g/mol. The van der Waals surface area contributed by atoms with E-state index < -0.39 is 0 Å². The van der Waals surface area contributed by atoms with Gasteiger partial charge in [-0.15, -0.1) is 0 Å². The van der Waals surface area contributed by atoms with E-state index in [0.29, 0.717) is 24.4 Å². The molecule has 1 aromatic heterocycles. The van der Waals surface area contributed by atoms with Crippen molar-refractivity contribution >= 4 is 17.0 Å². The van der Waals surface area contributed by atoms with E-state index in [-0.39, 0.29) is 18.6 Å². The minimum absolute atomic E-state index is 0.00378. The van der Waals surface area contributed by atoms with Crippen LogP contribution in [0.25, 0.3) is 11.0 Å². The lowest BCUT2D eigenvalue weighted by Gasteiger charge is -2.36. The SMILES string of the molecule is Cc1ccc(OCc2n(CC(=O)O[C@H]3C[C@@H](C)CC[C@@H]3C(C)C)c3ccccc3[n+]2C)cc1. The molecule has 5 heteroatoms. The van der Waals surface area contributed by atoms with Crippen molar-refractivity contribution in [3.63, 3.8) is 0 Å². The molecule has 0 saturated heterocycles. The normalized spacial score (nSPS) is 20.8. The van der Waals surface area contributed by atoms with Gasteiger partial charge in [0.2, 0.25) is 0 Å². The molecule has 1 aliphatic carbocycles. The quantitative estimate of drug-likeness (QED) is 0.360. The largest absolute Gasteiger partial charge is 0.481 e. The van der Waals surface area contributed by atoms with Crippen LogP contribution in [0.4, 0.5) is 0 Å². The highest BCUT2D eigenvalue weighted by molar-refractivity contribution is 5.76. The Bertz CT molecular complexity index is 1100. The van der Waals surface area contributed by atoms with Crippen molar-refractivity contribution < 1.29 is 18.8 Å². The van der Waals surface area contributed by atoms with Crippen LogP contribution in [-0.2, 0) is 29.7 Å². The van der Waals surface area contributed by atoms with Crippen LogP contribution in [-0.4, -0.2) is 16.6 Å². The molecule has 0 amide bonds. The van der Waals surface area contributed by atoms with Crippen molar-refractivity contribution in [1.82, 2.24) is 4.57 Å². The third kappa shape index (κ3) is 5.23. The monoisotopic (exact) mass is 449 g/mol. The third-order valence-electron chi connectivity index (χ3n) is 7.15. The summed E-state index contributed by atoms with van der Waals surface area (Å²) < 4.78 is 16.4. The van der Waals surface area contributed by atoms with E-state index in [1.165, 1.54) is 12.0 Å². The van der Waals surface area contributed by atoms with Crippen LogP contribution in [0.5, 0.6) is 5.75 Å². The number of rotatable bonds is 7. The molecule has 1 fully saturated rings. The summed E-state index contributed by atoms with van der Waals surface area (Å²) in [5, 5.41) is 0. The summed E-state index contributed by atoms with van der Waals surface area (Å²) >= 11 is 0. The van der Waals surface area contributed by atoms with Crippen LogP contribution < -0.4 is 9.30 Å². The summed E-state index contributed by atoms with van der Waals surface area (Å²) in [6.07, 6.45) is 3.31. The molecule has 1 saturated carbocycles. The predicted octanol–water partition coefficient (Wildman–Crippen LogP) is 5.36. The Labute approximate surface area is 197 Å². The number of ether oxygens (including phenoxy) is 2. The number of carbonyl (C=O) groups is 1. The van der Waals surface area contributed by atoms with E-state index in [9.17, 15) is 4.79 Å². The number of aromatic nitrogens is 2. The van der Waals surface area contributed by atoms with E-state index in [1.54, 1.807) is 0 Å². The maximum atomic E-state index is 13.2. The molecule has 0 aliphatic heterocycles. The van der Waals surface area contributed by atoms with Crippen LogP contribution in [0.2, 0.25) is 0 Å². The Kier molecular flexibility index (Phi) is 7.06. The first kappa shape index (κ1) is 23.3. The van der Waals surface area contributed by atoms with Gasteiger partial charge in [0.25, 0.3) is 5.82 Å². The van der Waals surface area contributed by atoms with Gasteiger partial charge in [0, 0.05) is 0 Å². The lowest BCUT2D eigenvalue weighted by molar-refractivity contribution is -0.655. The van der Waals surface area contributed by atoms with Gasteiger partial charge in [-0.3, -0.25) is 0 Å². The van der Waals surface area contributed by atoms with Gasteiger partial charge in [-0.2, -0.15) is 0 Å². The molecule has 4 rings (SSSR count). The molecule has 176 valence electrons. The molecule has 0 radical (unpaired) electrons. The number of para-hydroxylation sites is 2. The highest BCUT2D eigenvalue weighted by Gasteiger charge is 2.34. The number of carbonyl (C=O) groups excluding carboxylic acids is 1. The summed E-state index contributed by atoms with van der Waals surface area (Å²) in [6, 6.07) is 16.2. The molecule has 1 aliphatic rings. The second-order valence-electron chi connectivity index (χ2n) is 10.0. The molecule has 0 N–H and O–H groups in total. The minimum Gasteiger partial charge on any atom is -0.481 e. The molecule has 3 aromatic rings. The molecular weight excluding hydrogens is 412 g/mol. The summed E-state index contributed by atoms with van der Waals surface area (Å²) in [5.74, 6) is 3.13. The lowest BCUT2D eigenvalue weighted by Crippen LogP contribution is -2.37. The maximum absolute atomic E-state index is 13.2. The fraction of sp³-hybridized carbons (Fsp3) is 0.500. The molecule has 3 atom stereocenters. The molecule has 0 unspecified atom stereocenters. The summed E-state index contributed by atoms with van der Waals surface area (Å²) in [5.41, 5.74) is 3.28. The molecular formula is C28H37N2O3+. The molecule has 0 bridgehead atoms. The number of esters is 1. The number of hydrogen-bond donors (Lipinski definition) is 0. The first-order chi connectivity index (χ1) is 15.8. The summed E-state index contributed by atoms with van der Waals surface area (Å²) in [6.45, 7) is 9.35. The van der Waals surface area contributed by atoms with Gasteiger partial charge in [-0.1, -0.05) is 57.0 Å². The molecule has 5 nitrogen and oxygen atoms in total. The number of imidazole rings is 1. The second-order valence-corrected chi connectivity index (χ2v) is 10.0. The molecule has 0 spiro atoms. The van der Waals surface area contributed by atoms with Gasteiger partial charge in [0.05, 0.1) is 7.05 Å². The zero-order valence-corrected chi connectivity index (χ0v) is 20.6. The van der Waals surface area contributed by atoms with E-state index in [0.717, 1.165) is 35.4 Å². The standard InChI is InChI=1S/C28H37N2O3/c1-19(2)23-15-12-21(4)16-26(23)33-28(31)17-30-25-9-7-6-8-24(25)29(5)27(30)18-32-22-13-10-20(3)11-14-22/h6-11,13-14,19,21,23,26H,12,15-18H2,1-5H3/q+1/t21-,23+,26-/m0/s1. The van der Waals surface area contributed by atoms with Gasteiger partial charge in [0.15, 0.2) is 24.2 Å². The number of benzene rings is 2. The van der Waals surface area contributed by atoms with Crippen molar-refractivity contribution in [3.05, 3.63) is 59.9 Å². The van der Waals surface area contributed by atoms with E-state index >= 15 is 0 Å². The fourth-order valence-corrected chi connectivity index (χ4v) is 5.15. The lowest BCUT2D eigenvalue weighted by atomic mass is 9.75. The zero-order valence-electron chi connectivity index (χ0n) is 20.6. The number of nitrogens with zero attached hydrogens (tertiary/aromatic N) is 2.